The molecule has 0 saturated carbocycles. The first-order chi connectivity index (χ1) is 6.65. The molecule has 0 spiro atoms. The van der Waals surface area contributed by atoms with E-state index < -0.39 is 0 Å². The molecular weight excluding hydrogens is 178 g/mol. The van der Waals surface area contributed by atoms with E-state index in [0.29, 0.717) is 12.5 Å². The van der Waals surface area contributed by atoms with Crippen molar-refractivity contribution in [2.24, 2.45) is 11.7 Å². The number of piperazine rings is 1. The Morgan fingerprint density at radius 2 is 2.36 bits per heavy atom. The maximum absolute atomic E-state index is 11.4. The van der Waals surface area contributed by atoms with Gasteiger partial charge in [0.05, 0.1) is 0 Å². The lowest BCUT2D eigenvalue weighted by atomic mass is 10.1. The molecule has 4 heteroatoms. The third kappa shape index (κ3) is 2.96. The molecule has 1 saturated heterocycles. The van der Waals surface area contributed by atoms with E-state index in [1.807, 2.05) is 0 Å². The summed E-state index contributed by atoms with van der Waals surface area (Å²) in [7, 11) is 0. The van der Waals surface area contributed by atoms with E-state index in [-0.39, 0.29) is 11.9 Å². The molecule has 1 amide bonds. The number of hydrogen-bond acceptors (Lipinski definition) is 3. The summed E-state index contributed by atoms with van der Waals surface area (Å²) < 4.78 is 0. The lowest BCUT2D eigenvalue weighted by Crippen LogP contribution is -2.58. The molecule has 0 bridgehead atoms. The van der Waals surface area contributed by atoms with Crippen LogP contribution in [0.2, 0.25) is 0 Å². The molecule has 1 atom stereocenters. The molecule has 1 fully saturated rings. The number of hydrogen-bond donors (Lipinski definition) is 2. The zero-order valence-corrected chi connectivity index (χ0v) is 9.12. The fourth-order valence-electron chi connectivity index (χ4n) is 1.71. The van der Waals surface area contributed by atoms with Crippen molar-refractivity contribution < 1.29 is 4.79 Å². The maximum Gasteiger partial charge on any atom is 0.238 e. The Hall–Kier alpha value is -0.610. The fourth-order valence-corrected chi connectivity index (χ4v) is 1.71. The third-order valence-electron chi connectivity index (χ3n) is 2.66. The van der Waals surface area contributed by atoms with Gasteiger partial charge in [-0.1, -0.05) is 13.8 Å². The van der Waals surface area contributed by atoms with Gasteiger partial charge in [-0.25, -0.2) is 0 Å². The van der Waals surface area contributed by atoms with E-state index in [0.717, 1.165) is 26.1 Å². The second-order valence-corrected chi connectivity index (χ2v) is 4.26. The first-order valence-corrected chi connectivity index (χ1v) is 5.37. The van der Waals surface area contributed by atoms with Crippen LogP contribution in [0, 0.1) is 5.92 Å². The van der Waals surface area contributed by atoms with E-state index >= 15 is 0 Å². The van der Waals surface area contributed by atoms with Crippen molar-refractivity contribution in [3.63, 3.8) is 0 Å². The lowest BCUT2D eigenvalue weighted by molar-refractivity contribution is -0.128. The Balaban J connectivity index is 2.44. The zero-order chi connectivity index (χ0) is 10.6. The summed E-state index contributed by atoms with van der Waals surface area (Å²) in [5.41, 5.74) is 5.59. The summed E-state index contributed by atoms with van der Waals surface area (Å²) >= 11 is 0. The molecule has 0 aromatic rings. The second kappa shape index (κ2) is 5.32. The van der Waals surface area contributed by atoms with Gasteiger partial charge in [-0.15, -0.1) is 0 Å². The second-order valence-electron chi connectivity index (χ2n) is 4.26. The first-order valence-electron chi connectivity index (χ1n) is 5.37. The first kappa shape index (κ1) is 11.5. The Kier molecular flexibility index (Phi) is 4.35. The number of rotatable bonds is 4. The smallest absolute Gasteiger partial charge is 0.238 e. The molecule has 0 aromatic heterocycles. The van der Waals surface area contributed by atoms with Crippen LogP contribution in [-0.2, 0) is 4.79 Å². The largest absolute Gasteiger partial charge is 0.353 e. The third-order valence-corrected chi connectivity index (χ3v) is 2.66. The number of nitrogens with two attached hydrogens (primary N) is 1. The van der Waals surface area contributed by atoms with Gasteiger partial charge in [0.15, 0.2) is 0 Å². The van der Waals surface area contributed by atoms with Crippen molar-refractivity contribution in [2.45, 2.75) is 26.3 Å². The molecule has 82 valence electrons. The highest BCUT2D eigenvalue weighted by atomic mass is 16.2. The molecule has 3 N–H and O–H groups in total. The minimum absolute atomic E-state index is 0.0857. The minimum atomic E-state index is -0.109. The van der Waals surface area contributed by atoms with Crippen LogP contribution in [0.25, 0.3) is 0 Å². The van der Waals surface area contributed by atoms with Crippen LogP contribution < -0.4 is 11.1 Å². The van der Waals surface area contributed by atoms with Crippen molar-refractivity contribution >= 4 is 5.91 Å². The highest BCUT2D eigenvalue weighted by Crippen LogP contribution is 2.07. The van der Waals surface area contributed by atoms with Crippen LogP contribution >= 0.6 is 0 Å². The van der Waals surface area contributed by atoms with Gasteiger partial charge in [-0.05, 0) is 18.9 Å². The zero-order valence-electron chi connectivity index (χ0n) is 9.12. The molecule has 1 aliphatic rings. The monoisotopic (exact) mass is 199 g/mol. The van der Waals surface area contributed by atoms with Gasteiger partial charge in [0, 0.05) is 19.6 Å². The molecule has 0 aromatic carbocycles. The average molecular weight is 199 g/mol. The Labute approximate surface area is 85.8 Å². The predicted molar refractivity (Wildman–Crippen MR) is 56.9 cm³/mol. The molecule has 1 aliphatic heterocycles. The van der Waals surface area contributed by atoms with Crippen molar-refractivity contribution in [1.82, 2.24) is 10.2 Å². The highest BCUT2D eigenvalue weighted by Gasteiger charge is 2.27. The lowest BCUT2D eigenvalue weighted by Gasteiger charge is -2.34. The SMILES string of the molecule is CC(C)CCN1CCNC(=O)C1CN. The Morgan fingerprint density at radius 1 is 1.64 bits per heavy atom. The van der Waals surface area contributed by atoms with Gasteiger partial charge in [0.25, 0.3) is 0 Å². The van der Waals surface area contributed by atoms with Gasteiger partial charge in [0.2, 0.25) is 5.91 Å². The maximum atomic E-state index is 11.4. The van der Waals surface area contributed by atoms with Crippen LogP contribution in [-0.4, -0.2) is 43.0 Å². The van der Waals surface area contributed by atoms with Gasteiger partial charge >= 0.3 is 0 Å². The number of nitrogens with zero attached hydrogens (tertiary/aromatic N) is 1. The summed E-state index contributed by atoms with van der Waals surface area (Å²) in [6, 6.07) is -0.109. The Morgan fingerprint density at radius 3 is 2.93 bits per heavy atom. The topological polar surface area (TPSA) is 58.4 Å². The average Bonchev–Trinajstić information content (AvgIpc) is 2.14. The molecule has 0 aliphatic carbocycles. The standard InChI is InChI=1S/C10H21N3O/c1-8(2)3-5-13-6-4-12-10(14)9(13)7-11/h8-9H,3-7,11H2,1-2H3,(H,12,14). The summed E-state index contributed by atoms with van der Waals surface area (Å²) in [6.45, 7) is 7.48. The number of nitrogens with one attached hydrogen (secondary N) is 1. The van der Waals surface area contributed by atoms with Crippen LogP contribution in [0.5, 0.6) is 0 Å². The molecule has 1 rings (SSSR count). The van der Waals surface area contributed by atoms with E-state index in [1.54, 1.807) is 0 Å². The van der Waals surface area contributed by atoms with E-state index in [9.17, 15) is 4.79 Å². The van der Waals surface area contributed by atoms with Crippen molar-refractivity contribution in [1.29, 1.82) is 0 Å². The summed E-state index contributed by atoms with van der Waals surface area (Å²) in [5.74, 6) is 0.765. The van der Waals surface area contributed by atoms with E-state index in [4.69, 9.17) is 5.73 Å². The molecule has 1 heterocycles. The normalized spacial score (nSPS) is 24.0. The predicted octanol–water partition coefficient (Wildman–Crippen LogP) is -0.208. The molecule has 4 nitrogen and oxygen atoms in total. The van der Waals surface area contributed by atoms with Gasteiger partial charge < -0.3 is 11.1 Å². The highest BCUT2D eigenvalue weighted by molar-refractivity contribution is 5.82. The van der Waals surface area contributed by atoms with E-state index in [2.05, 4.69) is 24.1 Å². The number of amides is 1. The van der Waals surface area contributed by atoms with Crippen LogP contribution in [0.3, 0.4) is 0 Å². The fraction of sp³-hybridized carbons (Fsp3) is 0.900. The van der Waals surface area contributed by atoms with Crippen LogP contribution in [0.15, 0.2) is 0 Å². The van der Waals surface area contributed by atoms with Crippen LogP contribution in [0.1, 0.15) is 20.3 Å². The van der Waals surface area contributed by atoms with Crippen molar-refractivity contribution in [3.05, 3.63) is 0 Å². The number of carbonyl (C=O) groups is 1. The van der Waals surface area contributed by atoms with Gasteiger partial charge in [-0.3, -0.25) is 9.69 Å². The minimum Gasteiger partial charge on any atom is -0.353 e. The molecule has 1 unspecified atom stereocenters. The number of carbonyl (C=O) groups excluding carboxylic acids is 1. The summed E-state index contributed by atoms with van der Waals surface area (Å²) in [5, 5.41) is 2.84. The Bertz CT molecular complexity index is 194. The van der Waals surface area contributed by atoms with Gasteiger partial charge in [-0.2, -0.15) is 0 Å². The molecular formula is C10H21N3O. The molecule has 0 radical (unpaired) electrons. The van der Waals surface area contributed by atoms with E-state index in [1.165, 1.54) is 0 Å². The van der Waals surface area contributed by atoms with Crippen molar-refractivity contribution in [2.75, 3.05) is 26.2 Å². The van der Waals surface area contributed by atoms with Crippen molar-refractivity contribution in [3.8, 4) is 0 Å². The quantitative estimate of drug-likeness (QED) is 0.659. The summed E-state index contributed by atoms with van der Waals surface area (Å²) in [4.78, 5) is 13.6. The summed E-state index contributed by atoms with van der Waals surface area (Å²) in [6.07, 6.45) is 1.13. The van der Waals surface area contributed by atoms with Crippen LogP contribution in [0.4, 0.5) is 0 Å². The molecule has 14 heavy (non-hydrogen) atoms. The van der Waals surface area contributed by atoms with Gasteiger partial charge in [0.1, 0.15) is 6.04 Å².